The molecule has 1 rings (SSSR count). The van der Waals surface area contributed by atoms with E-state index in [2.05, 4.69) is 72.7 Å². The number of anilines is 1. The minimum Gasteiger partial charge on any atom is -0.378 e. The van der Waals surface area contributed by atoms with Crippen LogP contribution in [-0.2, 0) is 10.8 Å². The highest BCUT2D eigenvalue weighted by Crippen LogP contribution is 2.29. The predicted octanol–water partition coefficient (Wildman–Crippen LogP) is 3.29. The Morgan fingerprint density at radius 2 is 1.24 bits per heavy atom. The van der Waals surface area contributed by atoms with Gasteiger partial charge in [-0.2, -0.15) is 0 Å². The van der Waals surface area contributed by atoms with Crippen molar-refractivity contribution >= 4 is 5.69 Å². The lowest BCUT2D eigenvalue weighted by molar-refractivity contribution is -0.969. The van der Waals surface area contributed by atoms with E-state index >= 15 is 0 Å². The molecule has 0 aliphatic carbocycles. The first kappa shape index (κ1) is 19.1. The molecule has 1 aromatic heterocycles. The van der Waals surface area contributed by atoms with Gasteiger partial charge in [0.1, 0.15) is 4.91 Å². The molecule has 0 atom stereocenters. The number of nitrogens with zero attached hydrogens (tertiary/aromatic N) is 3. The highest BCUT2D eigenvalue weighted by atomic mass is 16.9. The van der Waals surface area contributed by atoms with Crippen molar-refractivity contribution in [1.29, 1.82) is 0 Å². The maximum absolute atomic E-state index is 8.47. The molecule has 0 spiro atoms. The van der Waals surface area contributed by atoms with Crippen LogP contribution in [0.1, 0.15) is 52.9 Å². The van der Waals surface area contributed by atoms with Crippen LogP contribution in [0.2, 0.25) is 0 Å². The lowest BCUT2D eigenvalue weighted by Gasteiger charge is -2.26. The summed E-state index contributed by atoms with van der Waals surface area (Å²) >= 11 is 0. The fraction of sp³-hybridized carbons (Fsp3) is 0.667. The average Bonchev–Trinajstić information content (AvgIpc) is 2.25. The minimum atomic E-state index is -1.25. The molecular weight excluding hydrogens is 270 g/mol. The molecule has 0 aliphatic heterocycles. The topological polar surface area (TPSA) is 76.7 Å². The van der Waals surface area contributed by atoms with Crippen molar-refractivity contribution in [2.45, 2.75) is 52.4 Å². The zero-order valence-corrected chi connectivity index (χ0v) is 14.3. The first-order chi connectivity index (χ1) is 9.25. The van der Waals surface area contributed by atoms with Crippen molar-refractivity contribution in [3.05, 3.63) is 28.4 Å². The summed E-state index contributed by atoms with van der Waals surface area (Å²) in [7, 11) is 4.16. The summed E-state index contributed by atoms with van der Waals surface area (Å²) in [5.41, 5.74) is 3.73. The third kappa shape index (κ3) is 6.92. The minimum absolute atomic E-state index is 0.0893. The second-order valence-corrected chi connectivity index (χ2v) is 7.24. The molecule has 1 heterocycles. The number of rotatable bonds is 1. The van der Waals surface area contributed by atoms with Gasteiger partial charge in [-0.05, 0) is 12.1 Å². The number of pyridine rings is 1. The van der Waals surface area contributed by atoms with E-state index in [1.165, 1.54) is 5.69 Å². The maximum Gasteiger partial charge on any atom is 0.472 e. The van der Waals surface area contributed by atoms with Gasteiger partial charge in [0.15, 0.2) is 0 Å². The van der Waals surface area contributed by atoms with E-state index in [4.69, 9.17) is 20.3 Å². The van der Waals surface area contributed by atoms with Crippen LogP contribution in [0.15, 0.2) is 12.1 Å². The average molecular weight is 298 g/mol. The lowest BCUT2D eigenvalue weighted by atomic mass is 9.87. The summed E-state index contributed by atoms with van der Waals surface area (Å²) in [4.78, 5) is 15.4. The summed E-state index contributed by atoms with van der Waals surface area (Å²) in [6.07, 6.45) is 0. The van der Waals surface area contributed by atoms with Crippen LogP contribution in [0.4, 0.5) is 5.69 Å². The van der Waals surface area contributed by atoms with Crippen LogP contribution in [-0.4, -0.2) is 34.6 Å². The molecule has 21 heavy (non-hydrogen) atoms. The molecule has 0 fully saturated rings. The normalized spacial score (nSPS) is 11.4. The Morgan fingerprint density at radius 1 is 0.952 bits per heavy atom. The van der Waals surface area contributed by atoms with E-state index < -0.39 is 5.09 Å². The van der Waals surface area contributed by atoms with Crippen molar-refractivity contribution in [2.24, 2.45) is 0 Å². The maximum atomic E-state index is 8.47. The summed E-state index contributed by atoms with van der Waals surface area (Å²) < 4.78 is 0. The smallest absolute Gasteiger partial charge is 0.378 e. The van der Waals surface area contributed by atoms with Gasteiger partial charge in [0, 0.05) is 42.0 Å². The first-order valence-corrected chi connectivity index (χ1v) is 6.80. The molecule has 6 nitrogen and oxygen atoms in total. The van der Waals surface area contributed by atoms with Crippen LogP contribution in [0.5, 0.6) is 0 Å². The van der Waals surface area contributed by atoms with Crippen molar-refractivity contribution in [3.8, 4) is 0 Å². The molecule has 0 unspecified atom stereocenters. The Balaban J connectivity index is 0.000000885. The van der Waals surface area contributed by atoms with E-state index in [1.807, 2.05) is 0 Å². The second kappa shape index (κ2) is 6.74. The fourth-order valence-electron chi connectivity index (χ4n) is 1.54. The zero-order valence-electron chi connectivity index (χ0n) is 14.3. The zero-order chi connectivity index (χ0) is 17.0. The lowest BCUT2D eigenvalue weighted by Crippen LogP contribution is -2.22. The summed E-state index contributed by atoms with van der Waals surface area (Å²) in [6.45, 7) is 13.3. The highest BCUT2D eigenvalue weighted by molar-refractivity contribution is 5.49. The Kier molecular flexibility index (Phi) is 6.14. The molecule has 120 valence electrons. The quantitative estimate of drug-likeness (QED) is 0.778. The summed E-state index contributed by atoms with van der Waals surface area (Å²) in [5.74, 6) is 0. The van der Waals surface area contributed by atoms with E-state index in [0.29, 0.717) is 0 Å². The number of hydrogen-bond acceptors (Lipinski definition) is 3. The fourth-order valence-corrected chi connectivity index (χ4v) is 1.54. The molecule has 0 aliphatic rings. The Morgan fingerprint density at radius 3 is 1.43 bits per heavy atom. The second-order valence-electron chi connectivity index (χ2n) is 7.24. The van der Waals surface area contributed by atoms with Gasteiger partial charge >= 0.3 is 5.09 Å². The molecule has 6 heteroatoms. The van der Waals surface area contributed by atoms with Crippen LogP contribution in [0.25, 0.3) is 0 Å². The van der Waals surface area contributed by atoms with Gasteiger partial charge in [-0.1, -0.05) is 41.5 Å². The van der Waals surface area contributed by atoms with Gasteiger partial charge < -0.3 is 4.90 Å². The Hall–Kier alpha value is -1.85. The molecule has 2 N–H and O–H groups in total. The van der Waals surface area contributed by atoms with Crippen molar-refractivity contribution in [3.63, 3.8) is 0 Å². The Labute approximate surface area is 126 Å². The van der Waals surface area contributed by atoms with E-state index in [9.17, 15) is 0 Å². The molecule has 0 saturated heterocycles. The van der Waals surface area contributed by atoms with Crippen LogP contribution in [0, 0.1) is 4.91 Å². The molecular formula is C15H28N3O3+. The van der Waals surface area contributed by atoms with Gasteiger partial charge in [-0.15, -0.1) is 0 Å². The molecule has 0 amide bonds. The third-order valence-electron chi connectivity index (χ3n) is 2.86. The monoisotopic (exact) mass is 298 g/mol. The van der Waals surface area contributed by atoms with Gasteiger partial charge in [0.05, 0.1) is 0 Å². The van der Waals surface area contributed by atoms with Crippen LogP contribution >= 0.6 is 0 Å². The Bertz CT molecular complexity index is 450. The number of aromatic nitrogens is 1. The van der Waals surface area contributed by atoms with Gasteiger partial charge in [0.2, 0.25) is 0 Å². The van der Waals surface area contributed by atoms with Gasteiger partial charge in [-0.3, -0.25) is 4.98 Å². The van der Waals surface area contributed by atoms with Gasteiger partial charge in [-0.25, -0.2) is 10.4 Å². The largest absolute Gasteiger partial charge is 0.472 e. The van der Waals surface area contributed by atoms with Crippen molar-refractivity contribution in [2.75, 3.05) is 19.0 Å². The van der Waals surface area contributed by atoms with Crippen LogP contribution < -0.4 is 4.90 Å². The van der Waals surface area contributed by atoms with Crippen molar-refractivity contribution < 1.29 is 15.5 Å². The van der Waals surface area contributed by atoms with E-state index in [-0.39, 0.29) is 10.8 Å². The third-order valence-corrected chi connectivity index (χ3v) is 2.86. The highest BCUT2D eigenvalue weighted by Gasteiger charge is 2.22. The number of hydrogen-bond donors (Lipinski definition) is 2. The summed E-state index contributed by atoms with van der Waals surface area (Å²) in [6, 6.07) is 4.38. The van der Waals surface area contributed by atoms with E-state index in [0.717, 1.165) is 11.4 Å². The molecule has 1 aromatic rings. The van der Waals surface area contributed by atoms with Crippen molar-refractivity contribution in [1.82, 2.24) is 4.98 Å². The predicted molar refractivity (Wildman–Crippen MR) is 83.2 cm³/mol. The van der Waals surface area contributed by atoms with E-state index in [1.54, 1.807) is 0 Å². The first-order valence-electron chi connectivity index (χ1n) is 6.80. The van der Waals surface area contributed by atoms with Gasteiger partial charge in [0.25, 0.3) is 0 Å². The standard InChI is InChI=1S/C15H26N2.H2NO3/c1-14(2,3)12-9-11(17(7)8)10-13(16-12)15(4,5)6;2-1(3)4/h9-10H,1-8H3;(H2,2,3,4)/q;+1. The SMILES string of the molecule is CN(C)c1cc(C(C)(C)C)nc(C(C)(C)C)c1.O=[N+](O)O. The molecule has 0 aromatic carbocycles. The molecule has 0 bridgehead atoms. The van der Waals surface area contributed by atoms with Crippen LogP contribution in [0.3, 0.4) is 0 Å². The molecule has 0 saturated carbocycles. The summed E-state index contributed by atoms with van der Waals surface area (Å²) in [5, 5.41) is 12.5. The molecule has 0 radical (unpaired) electrons.